The molecule has 0 saturated carbocycles. The Balaban J connectivity index is 3.53. The van der Waals surface area contributed by atoms with Crippen molar-refractivity contribution in [1.82, 2.24) is 0 Å². The van der Waals surface area contributed by atoms with Crippen LogP contribution < -0.4 is 0 Å². The summed E-state index contributed by atoms with van der Waals surface area (Å²) in [5, 5.41) is -0.371. The summed E-state index contributed by atoms with van der Waals surface area (Å²) in [4.78, 5) is 20.5. The van der Waals surface area contributed by atoms with Crippen molar-refractivity contribution in [2.24, 2.45) is 0 Å². The standard InChI is InChI=1S/C6H8O3S/c1-9-5(7)3-2-4-6(8)10/h2,4H,3H2,1H3,(H,8,10)/b4-2+. The highest BCUT2D eigenvalue weighted by Gasteiger charge is 1.93. The molecule has 0 aliphatic carbocycles. The van der Waals surface area contributed by atoms with Gasteiger partial charge in [0.1, 0.15) is 0 Å². The maximum Gasteiger partial charge on any atom is 0.309 e. The van der Waals surface area contributed by atoms with Crippen LogP contribution in [0.1, 0.15) is 6.42 Å². The Morgan fingerprint density at radius 3 is 2.60 bits per heavy atom. The first-order valence-corrected chi connectivity index (χ1v) is 3.08. The molecule has 0 atom stereocenters. The average Bonchev–Trinajstić information content (AvgIpc) is 1.87. The second-order valence-electron chi connectivity index (χ2n) is 1.52. The van der Waals surface area contributed by atoms with Crippen LogP contribution in [0.25, 0.3) is 0 Å². The number of rotatable bonds is 3. The lowest BCUT2D eigenvalue weighted by molar-refractivity contribution is -0.139. The van der Waals surface area contributed by atoms with Crippen molar-refractivity contribution in [3.8, 4) is 0 Å². The van der Waals surface area contributed by atoms with Crippen LogP contribution in [-0.4, -0.2) is 18.2 Å². The number of methoxy groups -OCH3 is 1. The Bertz CT molecular complexity index is 162. The number of hydrogen-bond donors (Lipinski definition) is 1. The van der Waals surface area contributed by atoms with Crippen molar-refractivity contribution in [3.63, 3.8) is 0 Å². The Morgan fingerprint density at radius 2 is 2.20 bits per heavy atom. The van der Waals surface area contributed by atoms with Crippen LogP contribution in [0.5, 0.6) is 0 Å². The van der Waals surface area contributed by atoms with Crippen molar-refractivity contribution < 1.29 is 14.3 Å². The van der Waals surface area contributed by atoms with Gasteiger partial charge in [0.15, 0.2) is 0 Å². The van der Waals surface area contributed by atoms with Crippen LogP contribution >= 0.6 is 12.6 Å². The van der Waals surface area contributed by atoms with E-state index in [0.717, 1.165) is 0 Å². The van der Waals surface area contributed by atoms with Gasteiger partial charge in [0.25, 0.3) is 0 Å². The summed E-state index contributed by atoms with van der Waals surface area (Å²) >= 11 is 3.45. The highest BCUT2D eigenvalue weighted by molar-refractivity contribution is 7.97. The molecule has 0 fully saturated rings. The molecule has 56 valence electrons. The third-order valence-corrected chi connectivity index (χ3v) is 0.922. The number of ether oxygens (including phenoxy) is 1. The highest BCUT2D eigenvalue weighted by Crippen LogP contribution is 1.88. The van der Waals surface area contributed by atoms with Gasteiger partial charge < -0.3 is 4.74 Å². The van der Waals surface area contributed by atoms with Crippen molar-refractivity contribution in [2.75, 3.05) is 7.11 Å². The Labute approximate surface area is 64.5 Å². The van der Waals surface area contributed by atoms with Gasteiger partial charge in [-0.25, -0.2) is 0 Å². The van der Waals surface area contributed by atoms with Gasteiger partial charge >= 0.3 is 5.97 Å². The fourth-order valence-corrected chi connectivity index (χ4v) is 0.445. The Hall–Kier alpha value is -0.770. The monoisotopic (exact) mass is 160 g/mol. The SMILES string of the molecule is COC(=O)C/C=C/C(=O)S. The molecule has 0 aromatic heterocycles. The van der Waals surface area contributed by atoms with Crippen molar-refractivity contribution in [3.05, 3.63) is 12.2 Å². The van der Waals surface area contributed by atoms with Gasteiger partial charge in [0.05, 0.1) is 13.5 Å². The van der Waals surface area contributed by atoms with E-state index in [-0.39, 0.29) is 17.5 Å². The second kappa shape index (κ2) is 5.05. The molecule has 0 bridgehead atoms. The number of thiol groups is 1. The molecule has 0 aromatic rings. The van der Waals surface area contributed by atoms with E-state index in [4.69, 9.17) is 0 Å². The molecule has 0 radical (unpaired) electrons. The van der Waals surface area contributed by atoms with E-state index in [0.29, 0.717) is 0 Å². The van der Waals surface area contributed by atoms with Gasteiger partial charge in [-0.05, 0) is 6.08 Å². The first-order chi connectivity index (χ1) is 4.66. The summed E-state index contributed by atoms with van der Waals surface area (Å²) in [6.07, 6.45) is 2.73. The smallest absolute Gasteiger partial charge is 0.309 e. The fraction of sp³-hybridized carbons (Fsp3) is 0.333. The quantitative estimate of drug-likeness (QED) is 0.373. The van der Waals surface area contributed by atoms with Crippen LogP contribution in [0.2, 0.25) is 0 Å². The molecule has 0 aliphatic heterocycles. The predicted molar refractivity (Wildman–Crippen MR) is 39.8 cm³/mol. The molecule has 0 N–H and O–H groups in total. The lowest BCUT2D eigenvalue weighted by Gasteiger charge is -1.90. The molecule has 0 saturated heterocycles. The number of carbonyl (C=O) groups excluding carboxylic acids is 2. The average molecular weight is 160 g/mol. The van der Waals surface area contributed by atoms with Crippen LogP contribution in [0.15, 0.2) is 12.2 Å². The number of hydrogen-bond acceptors (Lipinski definition) is 3. The fourth-order valence-electron chi connectivity index (χ4n) is 0.339. The van der Waals surface area contributed by atoms with Crippen LogP contribution in [0, 0.1) is 0 Å². The predicted octanol–water partition coefficient (Wildman–Crippen LogP) is 0.562. The van der Waals surface area contributed by atoms with Crippen LogP contribution in [0.4, 0.5) is 0 Å². The molecule has 0 aliphatic rings. The minimum atomic E-state index is -0.371. The van der Waals surface area contributed by atoms with Crippen molar-refractivity contribution in [1.29, 1.82) is 0 Å². The van der Waals surface area contributed by atoms with E-state index < -0.39 is 0 Å². The lowest BCUT2D eigenvalue weighted by Crippen LogP contribution is -1.96. The third kappa shape index (κ3) is 5.37. The Morgan fingerprint density at radius 1 is 1.60 bits per heavy atom. The minimum Gasteiger partial charge on any atom is -0.469 e. The van der Waals surface area contributed by atoms with E-state index >= 15 is 0 Å². The van der Waals surface area contributed by atoms with Gasteiger partial charge in [-0.15, -0.1) is 12.6 Å². The molecule has 3 nitrogen and oxygen atoms in total. The van der Waals surface area contributed by atoms with Gasteiger partial charge in [-0.2, -0.15) is 0 Å². The molecular weight excluding hydrogens is 152 g/mol. The van der Waals surface area contributed by atoms with Crippen molar-refractivity contribution >= 4 is 23.7 Å². The normalized spacial score (nSPS) is 9.80. The minimum absolute atomic E-state index is 0.114. The molecular formula is C6H8O3S. The zero-order valence-corrected chi connectivity index (χ0v) is 6.43. The molecule has 4 heteroatoms. The van der Waals surface area contributed by atoms with E-state index in [1.165, 1.54) is 19.3 Å². The zero-order valence-electron chi connectivity index (χ0n) is 5.53. The zero-order chi connectivity index (χ0) is 7.98. The molecule has 10 heavy (non-hydrogen) atoms. The third-order valence-electron chi connectivity index (χ3n) is 0.773. The summed E-state index contributed by atoms with van der Waals surface area (Å²) in [5.74, 6) is -0.370. The lowest BCUT2D eigenvalue weighted by atomic mass is 10.4. The molecule has 0 spiro atoms. The topological polar surface area (TPSA) is 43.4 Å². The maximum absolute atomic E-state index is 10.4. The van der Waals surface area contributed by atoms with Crippen LogP contribution in [-0.2, 0) is 14.3 Å². The van der Waals surface area contributed by atoms with E-state index in [9.17, 15) is 9.59 Å². The summed E-state index contributed by atoms with van der Waals surface area (Å²) in [7, 11) is 1.29. The Kier molecular flexibility index (Phi) is 4.66. The second-order valence-corrected chi connectivity index (χ2v) is 1.96. The first kappa shape index (κ1) is 9.23. The number of esters is 1. The summed E-state index contributed by atoms with van der Waals surface area (Å²) in [6.45, 7) is 0. The summed E-state index contributed by atoms with van der Waals surface area (Å²) in [6, 6.07) is 0. The van der Waals surface area contributed by atoms with Gasteiger partial charge in [0.2, 0.25) is 5.12 Å². The van der Waals surface area contributed by atoms with Crippen molar-refractivity contribution in [2.45, 2.75) is 6.42 Å². The van der Waals surface area contributed by atoms with Gasteiger partial charge in [-0.1, -0.05) is 6.08 Å². The van der Waals surface area contributed by atoms with E-state index in [1.807, 2.05) is 0 Å². The van der Waals surface area contributed by atoms with Crippen LogP contribution in [0.3, 0.4) is 0 Å². The number of carbonyl (C=O) groups is 2. The first-order valence-electron chi connectivity index (χ1n) is 2.63. The largest absolute Gasteiger partial charge is 0.469 e. The summed E-state index contributed by atoms with van der Waals surface area (Å²) in [5.41, 5.74) is 0. The van der Waals surface area contributed by atoms with E-state index in [2.05, 4.69) is 17.4 Å². The molecule has 0 amide bonds. The molecule has 0 rings (SSSR count). The van der Waals surface area contributed by atoms with Gasteiger partial charge in [-0.3, -0.25) is 9.59 Å². The molecule has 0 aromatic carbocycles. The molecule has 0 heterocycles. The van der Waals surface area contributed by atoms with E-state index in [1.54, 1.807) is 0 Å². The maximum atomic E-state index is 10.4. The van der Waals surface area contributed by atoms with Gasteiger partial charge in [0, 0.05) is 0 Å². The highest BCUT2D eigenvalue weighted by atomic mass is 32.1. The summed E-state index contributed by atoms with van der Waals surface area (Å²) < 4.78 is 4.31. The molecule has 0 unspecified atom stereocenters.